The average Bonchev–Trinajstić information content (AvgIpc) is 4.04. The number of aromatic nitrogens is 5. The summed E-state index contributed by atoms with van der Waals surface area (Å²) in [6.07, 6.45) is 3.17. The number of likely N-dealkylation sites (tertiary alicyclic amines) is 2. The van der Waals surface area contributed by atoms with E-state index >= 15 is 0 Å². The van der Waals surface area contributed by atoms with Crippen LogP contribution in [0.25, 0.3) is 44.5 Å². The number of ether oxygens (including phenoxy) is 2. The molecule has 5 heterocycles. The summed E-state index contributed by atoms with van der Waals surface area (Å²) in [6.45, 7) is 8.77. The van der Waals surface area contributed by atoms with Gasteiger partial charge in [-0.05, 0) is 67.9 Å². The molecule has 2 aromatic carbocycles. The summed E-state index contributed by atoms with van der Waals surface area (Å²) in [5, 5.41) is 9.29. The van der Waals surface area contributed by atoms with Crippen LogP contribution in [0.1, 0.15) is 77.1 Å². The van der Waals surface area contributed by atoms with E-state index in [1.54, 1.807) is 16.0 Å². The quantitative estimate of drug-likeness (QED) is 0.0996. The number of nitrogens with one attached hydrogen (secondary N) is 5. The number of aromatic amines is 2. The van der Waals surface area contributed by atoms with Crippen molar-refractivity contribution < 1.29 is 28.7 Å². The third-order valence-electron chi connectivity index (χ3n) is 10.9. The molecule has 7 rings (SSSR count). The van der Waals surface area contributed by atoms with Crippen molar-refractivity contribution in [2.24, 2.45) is 11.8 Å². The molecule has 5 amide bonds. The van der Waals surface area contributed by atoms with Crippen molar-refractivity contribution in [3.05, 3.63) is 66.4 Å². The fourth-order valence-electron chi connectivity index (χ4n) is 7.71. The minimum atomic E-state index is -0.699. The summed E-state index contributed by atoms with van der Waals surface area (Å²) in [5.41, 5.74) is 5.98. The molecule has 0 saturated carbocycles. The second-order valence-corrected chi connectivity index (χ2v) is 15.3. The number of hydrogen-bond donors (Lipinski definition) is 5. The molecule has 0 aliphatic carbocycles. The number of nitrogens with zero attached hydrogens (tertiary/aromatic N) is 5. The zero-order valence-corrected chi connectivity index (χ0v) is 33.1. The summed E-state index contributed by atoms with van der Waals surface area (Å²) in [6, 6.07) is 14.7. The summed E-state index contributed by atoms with van der Waals surface area (Å²) in [5.74, 6) is 1.10. The van der Waals surface area contributed by atoms with Crippen LogP contribution in [-0.2, 0) is 14.3 Å². The van der Waals surface area contributed by atoms with Gasteiger partial charge in [0.25, 0.3) is 0 Å². The first-order chi connectivity index (χ1) is 27.4. The molecular weight excluding hydrogens is 729 g/mol. The number of amides is 5. The van der Waals surface area contributed by atoms with Crippen LogP contribution >= 0.6 is 0 Å². The van der Waals surface area contributed by atoms with E-state index in [4.69, 9.17) is 24.4 Å². The van der Waals surface area contributed by atoms with Crippen molar-refractivity contribution in [2.45, 2.75) is 77.7 Å². The van der Waals surface area contributed by atoms with Crippen molar-refractivity contribution in [3.63, 3.8) is 0 Å². The molecule has 0 spiro atoms. The van der Waals surface area contributed by atoms with Gasteiger partial charge in [0.05, 0.1) is 60.4 Å². The molecule has 0 bridgehead atoms. The number of carbonyl (C=O) groups is 4. The average molecular weight is 779 g/mol. The number of rotatable bonds is 10. The van der Waals surface area contributed by atoms with Crippen molar-refractivity contribution in [1.29, 1.82) is 0 Å². The third-order valence-corrected chi connectivity index (χ3v) is 10.9. The Labute approximate surface area is 330 Å². The Balaban J connectivity index is 1.05. The van der Waals surface area contributed by atoms with Gasteiger partial charge in [0.2, 0.25) is 5.91 Å². The number of alkyl carbamates (subject to hydrolysis) is 2. The molecular formula is C41H50N10O6. The van der Waals surface area contributed by atoms with Gasteiger partial charge in [0, 0.05) is 29.6 Å². The first kappa shape index (κ1) is 39.1. The Bertz CT molecular complexity index is 2280. The molecule has 16 heteroatoms. The minimum absolute atomic E-state index is 0.0503. The highest BCUT2D eigenvalue weighted by atomic mass is 16.5. The maximum Gasteiger partial charge on any atom is 0.408 e. The Morgan fingerprint density at radius 1 is 0.737 bits per heavy atom. The molecule has 2 aliphatic rings. The zero-order valence-electron chi connectivity index (χ0n) is 33.1. The lowest BCUT2D eigenvalue weighted by Gasteiger charge is -2.30. The number of fused-ring (bicyclic) bond motifs is 2. The lowest BCUT2D eigenvalue weighted by atomic mass is 10.0. The van der Waals surface area contributed by atoms with Gasteiger partial charge in [0.1, 0.15) is 23.9 Å². The molecule has 0 radical (unpaired) electrons. The largest absolute Gasteiger partial charge is 0.453 e. The monoisotopic (exact) mass is 778 g/mol. The van der Waals surface area contributed by atoms with E-state index in [0.717, 1.165) is 70.1 Å². The highest BCUT2D eigenvalue weighted by Gasteiger charge is 2.38. The van der Waals surface area contributed by atoms with Crippen molar-refractivity contribution in [2.75, 3.05) is 27.3 Å². The number of methoxy groups -OCH3 is 2. The lowest BCUT2D eigenvalue weighted by Crippen LogP contribution is -2.54. The zero-order chi connectivity index (χ0) is 40.4. The van der Waals surface area contributed by atoms with Crippen molar-refractivity contribution in [3.8, 4) is 22.5 Å². The fraction of sp³-hybridized carbons (Fsp3) is 0.439. The molecule has 57 heavy (non-hydrogen) atoms. The van der Waals surface area contributed by atoms with Gasteiger partial charge in [-0.2, -0.15) is 0 Å². The molecule has 5 N–H and O–H groups in total. The Kier molecular flexibility index (Phi) is 11.3. The number of carbonyl (C=O) groups excluding carboxylic acids is 4. The molecule has 2 saturated heterocycles. The molecule has 5 aromatic rings. The van der Waals surface area contributed by atoms with Crippen LogP contribution in [0.15, 0.2) is 54.7 Å². The third kappa shape index (κ3) is 8.20. The number of pyridine rings is 1. The molecule has 16 nitrogen and oxygen atoms in total. The van der Waals surface area contributed by atoms with Gasteiger partial charge in [-0.15, -0.1) is 0 Å². The van der Waals surface area contributed by atoms with Crippen LogP contribution in [0.5, 0.6) is 0 Å². The molecule has 4 atom stereocenters. The van der Waals surface area contributed by atoms with Gasteiger partial charge >= 0.3 is 18.2 Å². The van der Waals surface area contributed by atoms with E-state index in [0.29, 0.717) is 24.7 Å². The van der Waals surface area contributed by atoms with E-state index in [-0.39, 0.29) is 35.9 Å². The van der Waals surface area contributed by atoms with Crippen LogP contribution in [0.3, 0.4) is 0 Å². The summed E-state index contributed by atoms with van der Waals surface area (Å²) in [7, 11) is 2.58. The number of hydrogen-bond acceptors (Lipinski definition) is 9. The number of imidazole rings is 2. The first-order valence-corrected chi connectivity index (χ1v) is 19.5. The maximum absolute atomic E-state index is 13.6. The van der Waals surface area contributed by atoms with Gasteiger partial charge in [-0.25, -0.2) is 29.3 Å². The standard InChI is InChI=1S/C41H50N10O6/c1-22(2)34(47-40(54)56-5)38(52)50-17-7-9-32(50)36-42-21-31(46-36)25-12-15-27-24(19-25)11-14-28(43-27)26-13-16-29-30(20-26)45-37(44-29)33-10-8-18-51(33)39(53)48-35(23(3)4)49-41(55)57-6/h11-16,19-23,32-35H,7-10,17-18H2,1-6H3,(H,42,46)(H,44,45)(H,47,54)(H,48,53)(H,49,55)/t32-,33-,34-,35-/m0/s1. The fourth-order valence-corrected chi connectivity index (χ4v) is 7.71. The molecule has 0 unspecified atom stereocenters. The number of benzene rings is 2. The maximum atomic E-state index is 13.6. The molecule has 2 aliphatic heterocycles. The van der Waals surface area contributed by atoms with E-state index in [1.807, 2.05) is 70.2 Å². The van der Waals surface area contributed by atoms with Gasteiger partial charge in [0.15, 0.2) is 0 Å². The number of H-pyrrole nitrogens is 2. The Morgan fingerprint density at radius 3 is 2.14 bits per heavy atom. The predicted octanol–water partition coefficient (Wildman–Crippen LogP) is 6.40. The predicted molar refractivity (Wildman–Crippen MR) is 214 cm³/mol. The van der Waals surface area contributed by atoms with Crippen LogP contribution in [-0.4, -0.2) is 98.4 Å². The van der Waals surface area contributed by atoms with Crippen LogP contribution in [0.2, 0.25) is 0 Å². The van der Waals surface area contributed by atoms with E-state index in [2.05, 4.69) is 32.0 Å². The second-order valence-electron chi connectivity index (χ2n) is 15.3. The summed E-state index contributed by atoms with van der Waals surface area (Å²) < 4.78 is 9.49. The first-order valence-electron chi connectivity index (χ1n) is 19.5. The topological polar surface area (TPSA) is 200 Å². The van der Waals surface area contributed by atoms with Crippen LogP contribution < -0.4 is 16.0 Å². The number of urea groups is 1. The van der Waals surface area contributed by atoms with Crippen LogP contribution in [0.4, 0.5) is 14.4 Å². The van der Waals surface area contributed by atoms with Gasteiger partial charge < -0.3 is 45.2 Å². The second kappa shape index (κ2) is 16.5. The minimum Gasteiger partial charge on any atom is -0.453 e. The van der Waals surface area contributed by atoms with Gasteiger partial charge in [-0.3, -0.25) is 4.79 Å². The normalized spacial score (nSPS) is 18.0. The van der Waals surface area contributed by atoms with Crippen LogP contribution in [0, 0.1) is 11.8 Å². The van der Waals surface area contributed by atoms with E-state index < -0.39 is 24.4 Å². The lowest BCUT2D eigenvalue weighted by molar-refractivity contribution is -0.135. The molecule has 2 fully saturated rings. The summed E-state index contributed by atoms with van der Waals surface area (Å²) >= 11 is 0. The van der Waals surface area contributed by atoms with E-state index in [9.17, 15) is 19.2 Å². The smallest absolute Gasteiger partial charge is 0.408 e. The summed E-state index contributed by atoms with van der Waals surface area (Å²) in [4.78, 5) is 75.8. The van der Waals surface area contributed by atoms with Gasteiger partial charge in [-0.1, -0.05) is 45.9 Å². The van der Waals surface area contributed by atoms with Crippen molar-refractivity contribution in [1.82, 2.24) is 50.7 Å². The molecule has 300 valence electrons. The van der Waals surface area contributed by atoms with E-state index in [1.165, 1.54) is 14.2 Å². The Morgan fingerprint density at radius 2 is 1.42 bits per heavy atom. The Hall–Kier alpha value is -6.19. The highest BCUT2D eigenvalue weighted by molar-refractivity contribution is 5.88. The van der Waals surface area contributed by atoms with Crippen molar-refractivity contribution >= 4 is 46.1 Å². The SMILES string of the molecule is COC(=O)N[C@H](NC(=O)N1CCC[C@H]1c1nc2ccc(-c3ccc4cc(-c5cnc([C@@H]6CCCN6C(=O)[C@@H](NC(=O)OC)C(C)C)[nH]5)ccc4n3)cc2[nH]1)C(C)C. The molecule has 3 aromatic heterocycles. The highest BCUT2D eigenvalue weighted by Crippen LogP contribution is 2.35.